The van der Waals surface area contributed by atoms with Gasteiger partial charge in [-0.3, -0.25) is 19.6 Å². The molecule has 29 heavy (non-hydrogen) atoms. The van der Waals surface area contributed by atoms with Gasteiger partial charge in [0.1, 0.15) is 12.1 Å². The topological polar surface area (TPSA) is 174 Å². The molecule has 1 aromatic carbocycles. The number of hydrogen-bond donors (Lipinski definition) is 5. The van der Waals surface area contributed by atoms with Crippen molar-refractivity contribution < 1.29 is 13.5 Å². The number of benzene rings is 1. The van der Waals surface area contributed by atoms with E-state index in [0.29, 0.717) is 21.2 Å². The van der Waals surface area contributed by atoms with Crippen molar-refractivity contribution in [2.75, 3.05) is 4.72 Å². The number of rotatable bonds is 6. The Bertz CT molecular complexity index is 1290. The maximum Gasteiger partial charge on any atom is 0.325 e. The molecule has 0 radical (unpaired) electrons. The number of allylic oxidation sites excluding steroid dienone is 1. The molecule has 0 aliphatic heterocycles. The third-order valence-corrected chi connectivity index (χ3v) is 6.12. The number of phenols is 1. The lowest BCUT2D eigenvalue weighted by molar-refractivity contribution is 0.460. The Balaban J connectivity index is 2.11. The third kappa shape index (κ3) is 4.25. The Morgan fingerprint density at radius 1 is 1.31 bits per heavy atom. The average Bonchev–Trinajstić information content (AvgIpc) is 3.15. The summed E-state index contributed by atoms with van der Waals surface area (Å²) in [6, 6.07) is 1.42. The summed E-state index contributed by atoms with van der Waals surface area (Å²) in [4.78, 5) is 30.7. The maximum atomic E-state index is 12.7. The molecule has 0 saturated carbocycles. The van der Waals surface area contributed by atoms with E-state index in [1.165, 1.54) is 12.4 Å². The van der Waals surface area contributed by atoms with Gasteiger partial charge in [-0.05, 0) is 37.2 Å². The van der Waals surface area contributed by atoms with Gasteiger partial charge in [0.25, 0.3) is 15.6 Å². The number of phenolic OH excluding ortho intramolecular Hbond substituents is 1. The zero-order chi connectivity index (χ0) is 21.2. The summed E-state index contributed by atoms with van der Waals surface area (Å²) in [6.07, 6.45) is 5.43. The molecule has 0 amide bonds. The summed E-state index contributed by atoms with van der Waals surface area (Å²) < 4.78 is 27.7. The van der Waals surface area contributed by atoms with Crippen molar-refractivity contribution in [1.82, 2.24) is 25.1 Å². The van der Waals surface area contributed by atoms with Crippen LogP contribution >= 0.6 is 11.8 Å². The van der Waals surface area contributed by atoms with Gasteiger partial charge in [0, 0.05) is 11.8 Å². The quantitative estimate of drug-likeness (QED) is 0.358. The van der Waals surface area contributed by atoms with E-state index in [9.17, 15) is 23.1 Å². The highest BCUT2D eigenvalue weighted by Gasteiger charge is 2.23. The zero-order valence-corrected chi connectivity index (χ0v) is 16.8. The molecule has 152 valence electrons. The highest BCUT2D eigenvalue weighted by atomic mass is 32.2. The van der Waals surface area contributed by atoms with E-state index >= 15 is 0 Å². The molecule has 3 rings (SSSR count). The summed E-state index contributed by atoms with van der Waals surface area (Å²) in [5, 5.41) is 17.4. The van der Waals surface area contributed by atoms with Crippen LogP contribution < -0.4 is 16.0 Å². The first-order valence-electron chi connectivity index (χ1n) is 8.10. The highest BCUT2D eigenvalue weighted by molar-refractivity contribution is 7.99. The Morgan fingerprint density at radius 2 is 2.07 bits per heavy atom. The minimum Gasteiger partial charge on any atom is -0.506 e. The van der Waals surface area contributed by atoms with E-state index in [2.05, 4.69) is 24.9 Å². The van der Waals surface area contributed by atoms with Crippen molar-refractivity contribution in [3.63, 3.8) is 0 Å². The van der Waals surface area contributed by atoms with E-state index < -0.39 is 26.2 Å². The SMILES string of the molecule is C/C=C\c1c(C)c(NS(=O)(=O)c2c[nH]c(=O)[nH]c2=O)cc(Sc2ncn[nH]2)c1O. The fourth-order valence-electron chi connectivity index (χ4n) is 2.46. The molecular weight excluding hydrogens is 420 g/mol. The number of aromatic nitrogens is 5. The number of hydrogen-bond acceptors (Lipinski definition) is 8. The number of aromatic hydroxyl groups is 1. The predicted octanol–water partition coefficient (Wildman–Crippen LogP) is 1.18. The number of anilines is 1. The Kier molecular flexibility index (Phi) is 5.61. The number of sulfonamides is 1. The van der Waals surface area contributed by atoms with Crippen LogP contribution in [-0.2, 0) is 10.0 Å². The second-order valence-corrected chi connectivity index (χ2v) is 8.43. The molecule has 0 spiro atoms. The van der Waals surface area contributed by atoms with Crippen molar-refractivity contribution >= 4 is 33.5 Å². The summed E-state index contributed by atoms with van der Waals surface area (Å²) in [6.45, 7) is 3.37. The molecule has 2 aromatic heterocycles. The zero-order valence-electron chi connectivity index (χ0n) is 15.2. The predicted molar refractivity (Wildman–Crippen MR) is 107 cm³/mol. The number of nitrogens with one attached hydrogen (secondary N) is 4. The molecule has 13 heteroatoms. The molecule has 0 saturated heterocycles. The molecule has 5 N–H and O–H groups in total. The van der Waals surface area contributed by atoms with Crippen molar-refractivity contribution in [3.8, 4) is 5.75 Å². The molecular formula is C16H16N6O5S2. The lowest BCUT2D eigenvalue weighted by Gasteiger charge is -2.16. The average molecular weight is 436 g/mol. The Labute approximate surface area is 168 Å². The van der Waals surface area contributed by atoms with E-state index in [1.54, 1.807) is 26.0 Å². The molecule has 11 nitrogen and oxygen atoms in total. The first kappa shape index (κ1) is 20.4. The monoisotopic (exact) mass is 436 g/mol. The van der Waals surface area contributed by atoms with Crippen LogP contribution in [0.2, 0.25) is 0 Å². The molecule has 0 bridgehead atoms. The van der Waals surface area contributed by atoms with Gasteiger partial charge in [0.05, 0.1) is 10.6 Å². The first-order valence-corrected chi connectivity index (χ1v) is 10.4. The van der Waals surface area contributed by atoms with Crippen LogP contribution in [0.3, 0.4) is 0 Å². The summed E-state index contributed by atoms with van der Waals surface area (Å²) in [5.74, 6) is -0.0631. The van der Waals surface area contributed by atoms with E-state index in [-0.39, 0.29) is 11.4 Å². The van der Waals surface area contributed by atoms with Crippen molar-refractivity contribution in [1.29, 1.82) is 0 Å². The number of H-pyrrole nitrogens is 3. The molecule has 0 aliphatic rings. The van der Waals surface area contributed by atoms with Crippen LogP contribution in [0.1, 0.15) is 18.1 Å². The van der Waals surface area contributed by atoms with Crippen LogP contribution in [0.15, 0.2) is 49.2 Å². The second-order valence-electron chi connectivity index (χ2n) is 5.74. The maximum absolute atomic E-state index is 12.7. The van der Waals surface area contributed by atoms with Crippen LogP contribution in [0.4, 0.5) is 5.69 Å². The van der Waals surface area contributed by atoms with Gasteiger partial charge in [0.15, 0.2) is 10.1 Å². The normalized spacial score (nSPS) is 11.8. The van der Waals surface area contributed by atoms with Crippen LogP contribution in [-0.4, -0.2) is 38.7 Å². The number of aromatic amines is 3. The molecule has 0 fully saturated rings. The van der Waals surface area contributed by atoms with E-state index in [1.807, 2.05) is 4.98 Å². The molecule has 0 aliphatic carbocycles. The van der Waals surface area contributed by atoms with Crippen LogP contribution in [0, 0.1) is 6.92 Å². The van der Waals surface area contributed by atoms with Gasteiger partial charge in [-0.25, -0.2) is 18.2 Å². The van der Waals surface area contributed by atoms with Gasteiger partial charge in [-0.1, -0.05) is 12.2 Å². The fourth-order valence-corrected chi connectivity index (χ4v) is 4.37. The summed E-state index contributed by atoms with van der Waals surface area (Å²) in [5.41, 5.74) is -0.904. The third-order valence-electron chi connectivity index (χ3n) is 3.82. The molecule has 3 aromatic rings. The van der Waals surface area contributed by atoms with Gasteiger partial charge >= 0.3 is 5.69 Å². The van der Waals surface area contributed by atoms with Crippen LogP contribution in [0.5, 0.6) is 5.75 Å². The van der Waals surface area contributed by atoms with Gasteiger partial charge in [-0.15, -0.1) is 0 Å². The number of nitrogens with zero attached hydrogens (tertiary/aromatic N) is 2. The Morgan fingerprint density at radius 3 is 2.69 bits per heavy atom. The largest absolute Gasteiger partial charge is 0.506 e. The first-order chi connectivity index (χ1) is 13.7. The second kappa shape index (κ2) is 7.97. The van der Waals surface area contributed by atoms with Crippen molar-refractivity contribution in [2.24, 2.45) is 0 Å². The summed E-state index contributed by atoms with van der Waals surface area (Å²) in [7, 11) is -4.32. The van der Waals surface area contributed by atoms with Gasteiger partial charge in [0.2, 0.25) is 0 Å². The standard InChI is InChI=1S/C16H16N6O5S2/c1-3-4-9-8(2)10(5-11(13(9)23)28-16-18-7-19-21-16)22-29(26,27)12-6-17-15(25)20-14(12)24/h3-7,22-23H,1-2H3,(H,18,19,21)(H2,17,20,24,25)/b4-3-. The van der Waals surface area contributed by atoms with Gasteiger partial charge in [-0.2, -0.15) is 5.10 Å². The fraction of sp³-hybridized carbons (Fsp3) is 0.125. The smallest absolute Gasteiger partial charge is 0.325 e. The van der Waals surface area contributed by atoms with E-state index in [4.69, 9.17) is 0 Å². The minimum absolute atomic E-state index is 0.0631. The molecule has 0 unspecified atom stereocenters. The highest BCUT2D eigenvalue weighted by Crippen LogP contribution is 2.41. The molecule has 0 atom stereocenters. The van der Waals surface area contributed by atoms with Crippen molar-refractivity contribution in [3.05, 3.63) is 56.6 Å². The van der Waals surface area contributed by atoms with Crippen molar-refractivity contribution in [2.45, 2.75) is 28.8 Å². The minimum atomic E-state index is -4.32. The lowest BCUT2D eigenvalue weighted by atomic mass is 10.1. The van der Waals surface area contributed by atoms with Gasteiger partial charge < -0.3 is 10.1 Å². The lowest BCUT2D eigenvalue weighted by Crippen LogP contribution is -2.29. The summed E-state index contributed by atoms with van der Waals surface area (Å²) >= 11 is 1.05. The molecule has 2 heterocycles. The Hall–Kier alpha value is -3.32. The van der Waals surface area contributed by atoms with Crippen LogP contribution in [0.25, 0.3) is 6.08 Å². The van der Waals surface area contributed by atoms with E-state index in [0.717, 1.165) is 18.0 Å².